The Labute approximate surface area is 241 Å². The molecule has 0 fully saturated rings. The molecule has 0 unspecified atom stereocenters. The zero-order valence-electron chi connectivity index (χ0n) is 21.0. The predicted molar refractivity (Wildman–Crippen MR) is 129 cm³/mol. The molecule has 1 N–H and O–H groups in total. The van der Waals surface area contributed by atoms with E-state index in [1.165, 1.54) is 103 Å². The van der Waals surface area contributed by atoms with Gasteiger partial charge in [-0.25, -0.2) is 13.1 Å². The molecule has 0 saturated carbocycles. The molecule has 0 rings (SSSR count). The van der Waals surface area contributed by atoms with E-state index in [0.717, 1.165) is 24.7 Å². The van der Waals surface area contributed by atoms with E-state index in [0.29, 0.717) is 0 Å². The quantitative estimate of drug-likeness (QED) is 0.164. The van der Waals surface area contributed by atoms with Crippen LogP contribution in [0, 0.1) is 0 Å². The zero-order chi connectivity index (χ0) is 23.0. The number of carbonyl (C=O) groups excluding carboxylic acids is 1. The second-order valence-electron chi connectivity index (χ2n) is 8.73. The van der Waals surface area contributed by atoms with E-state index in [9.17, 15) is 18.3 Å². The van der Waals surface area contributed by atoms with Crippen LogP contribution >= 0.6 is 0 Å². The van der Waals surface area contributed by atoms with E-state index in [2.05, 4.69) is 11.6 Å². The van der Waals surface area contributed by atoms with Crippen LogP contribution in [0.15, 0.2) is 11.5 Å². The van der Waals surface area contributed by atoms with Crippen LogP contribution in [0.4, 0.5) is 0 Å². The normalized spacial score (nSPS) is 11.7. The number of hydrogen-bond donors (Lipinski definition) is 1. The molecular formula is C25H48KNO4S. The molecule has 0 aromatic heterocycles. The summed E-state index contributed by atoms with van der Waals surface area (Å²) < 4.78 is 25.4. The number of unbranched alkanes of at least 4 members (excludes halogenated alkanes) is 18. The molecule has 0 spiro atoms. The molecule has 0 aromatic rings. The molecule has 0 aliphatic rings. The molecule has 0 amide bonds. The van der Waals surface area contributed by atoms with Crippen LogP contribution in [0.3, 0.4) is 0 Å². The number of carboxylic acids is 1. The number of carboxylic acid groups (broad SMARTS) is 1. The number of sulfonamides is 1. The zero-order valence-corrected chi connectivity index (χ0v) is 25.0. The van der Waals surface area contributed by atoms with Crippen molar-refractivity contribution in [3.63, 3.8) is 0 Å². The predicted octanol–water partition coefficient (Wildman–Crippen LogP) is 3.00. The van der Waals surface area contributed by atoms with Crippen molar-refractivity contribution in [2.45, 2.75) is 135 Å². The minimum Gasteiger partial charge on any atom is -0.550 e. The summed E-state index contributed by atoms with van der Waals surface area (Å²) in [5.41, 5.74) is 0. The fourth-order valence-electron chi connectivity index (χ4n) is 3.70. The Kier molecular flexibility index (Phi) is 28.8. The molecule has 184 valence electrons. The van der Waals surface area contributed by atoms with E-state index in [1.807, 2.05) is 0 Å². The van der Waals surface area contributed by atoms with E-state index < -0.39 is 16.0 Å². The summed E-state index contributed by atoms with van der Waals surface area (Å²) in [6.45, 7) is 2.14. The van der Waals surface area contributed by atoms with Gasteiger partial charge in [0.05, 0.1) is 0 Å². The molecular weight excluding hydrogens is 449 g/mol. The Morgan fingerprint density at radius 2 is 1.09 bits per heavy atom. The van der Waals surface area contributed by atoms with Gasteiger partial charge in [0.15, 0.2) is 0 Å². The van der Waals surface area contributed by atoms with Gasteiger partial charge in [-0.3, -0.25) is 0 Å². The van der Waals surface area contributed by atoms with E-state index in [1.54, 1.807) is 6.08 Å². The third-order valence-electron chi connectivity index (χ3n) is 5.63. The minimum absolute atomic E-state index is 0. The molecule has 7 heteroatoms. The second-order valence-corrected chi connectivity index (χ2v) is 10.4. The van der Waals surface area contributed by atoms with E-state index in [-0.39, 0.29) is 64.4 Å². The second kappa shape index (κ2) is 26.4. The Balaban J connectivity index is 0. The number of rotatable bonds is 24. The maximum absolute atomic E-state index is 11.6. The van der Waals surface area contributed by atoms with Crippen molar-refractivity contribution in [1.29, 1.82) is 0 Å². The first-order valence-corrected chi connectivity index (χ1v) is 14.4. The van der Waals surface area contributed by atoms with Gasteiger partial charge < -0.3 is 9.90 Å². The van der Waals surface area contributed by atoms with Crippen molar-refractivity contribution in [3.8, 4) is 0 Å². The maximum Gasteiger partial charge on any atom is 1.00 e. The summed E-state index contributed by atoms with van der Waals surface area (Å²) in [6.07, 6.45) is 26.1. The summed E-state index contributed by atoms with van der Waals surface area (Å²) in [6, 6.07) is 0. The minimum atomic E-state index is -3.52. The molecule has 0 bridgehead atoms. The van der Waals surface area contributed by atoms with Gasteiger partial charge >= 0.3 is 51.4 Å². The maximum atomic E-state index is 11.6. The first-order chi connectivity index (χ1) is 15.0. The first kappa shape index (κ1) is 34.9. The molecule has 5 nitrogen and oxygen atoms in total. The van der Waals surface area contributed by atoms with Crippen molar-refractivity contribution < 1.29 is 69.7 Å². The average Bonchev–Trinajstić information content (AvgIpc) is 2.72. The molecule has 32 heavy (non-hydrogen) atoms. The van der Waals surface area contributed by atoms with Crippen LogP contribution < -0.4 is 61.2 Å². The fourth-order valence-corrected chi connectivity index (χ4v) is 4.57. The van der Waals surface area contributed by atoms with Crippen LogP contribution in [0.2, 0.25) is 0 Å². The van der Waals surface area contributed by atoms with Gasteiger partial charge in [-0.05, 0) is 12.8 Å². The Morgan fingerprint density at radius 1 is 0.719 bits per heavy atom. The summed E-state index contributed by atoms with van der Waals surface area (Å²) in [4.78, 5) is 10.3. The van der Waals surface area contributed by atoms with Crippen LogP contribution in [-0.2, 0) is 14.8 Å². The largest absolute Gasteiger partial charge is 1.00 e. The summed E-state index contributed by atoms with van der Waals surface area (Å²) in [7, 11) is -3.52. The Bertz CT molecular complexity index is 538. The average molecular weight is 498 g/mol. The number of hydrogen-bond acceptors (Lipinski definition) is 4. The van der Waals surface area contributed by atoms with Crippen molar-refractivity contribution >= 4 is 16.0 Å². The van der Waals surface area contributed by atoms with Gasteiger partial charge in [0.2, 0.25) is 10.0 Å². The van der Waals surface area contributed by atoms with Crippen LogP contribution in [0.25, 0.3) is 0 Å². The van der Waals surface area contributed by atoms with Crippen LogP contribution in [0.1, 0.15) is 135 Å². The van der Waals surface area contributed by atoms with E-state index >= 15 is 0 Å². The van der Waals surface area contributed by atoms with Gasteiger partial charge in [0.25, 0.3) is 0 Å². The summed E-state index contributed by atoms with van der Waals surface area (Å²) >= 11 is 0. The van der Waals surface area contributed by atoms with Crippen molar-refractivity contribution in [2.24, 2.45) is 0 Å². The van der Waals surface area contributed by atoms with Crippen LogP contribution in [-0.4, -0.2) is 20.9 Å². The van der Waals surface area contributed by atoms with Crippen molar-refractivity contribution in [3.05, 3.63) is 11.5 Å². The van der Waals surface area contributed by atoms with Gasteiger partial charge in [-0.15, -0.1) is 0 Å². The monoisotopic (exact) mass is 497 g/mol. The van der Waals surface area contributed by atoms with Gasteiger partial charge in [0, 0.05) is 24.3 Å². The first-order valence-electron chi connectivity index (χ1n) is 12.8. The molecule has 0 radical (unpaired) electrons. The smallest absolute Gasteiger partial charge is 0.550 e. The molecule has 0 heterocycles. The number of nitrogens with one attached hydrogen (secondary N) is 1. The van der Waals surface area contributed by atoms with E-state index in [4.69, 9.17) is 0 Å². The third kappa shape index (κ3) is 28.8. The van der Waals surface area contributed by atoms with Crippen molar-refractivity contribution in [2.75, 3.05) is 6.54 Å². The number of allylic oxidation sites excluding steroid dienone is 1. The number of carbonyl (C=O) groups is 1. The third-order valence-corrected chi connectivity index (χ3v) is 6.79. The molecule has 0 aliphatic heterocycles. The van der Waals surface area contributed by atoms with Crippen LogP contribution in [0.5, 0.6) is 0 Å². The van der Waals surface area contributed by atoms with Gasteiger partial charge in [0.1, 0.15) is 0 Å². The Morgan fingerprint density at radius 3 is 1.47 bits per heavy atom. The summed E-state index contributed by atoms with van der Waals surface area (Å²) in [5, 5.41) is 11.4. The molecule has 0 aromatic carbocycles. The topological polar surface area (TPSA) is 86.3 Å². The van der Waals surface area contributed by atoms with Crippen molar-refractivity contribution in [1.82, 2.24) is 4.72 Å². The molecule has 0 atom stereocenters. The van der Waals surface area contributed by atoms with Gasteiger partial charge in [-0.1, -0.05) is 122 Å². The number of aliphatic carboxylic acids is 1. The molecule has 0 aliphatic carbocycles. The summed E-state index contributed by atoms with van der Waals surface area (Å²) in [5.74, 6) is -1.26. The molecule has 0 saturated heterocycles. The fraction of sp³-hybridized carbons (Fsp3) is 0.880. The van der Waals surface area contributed by atoms with Gasteiger partial charge in [-0.2, -0.15) is 0 Å². The SMILES string of the molecule is CCCCCCCCCCCCCCCCCCCC/C=C/S(=O)(=O)NCCC(=O)[O-].[K+]. The standard InChI is InChI=1S/C25H49NO4S.K/c1-2-3-4-5-6-7-8-9-10-11-12-13-14-15-16-17-18-19-20-21-24-31(29,30)26-23-22-25(27)28;/h21,24,26H,2-20,22-23H2,1H3,(H,27,28);/q;+1/p-1/b24-21+;. The Hall–Kier alpha value is 0.756.